The molecule has 1 saturated heterocycles. The molecule has 2 aliphatic heterocycles. The monoisotopic (exact) mass is 202 g/mol. The van der Waals surface area contributed by atoms with Gasteiger partial charge in [-0.05, 0) is 24.0 Å². The van der Waals surface area contributed by atoms with Gasteiger partial charge in [0.1, 0.15) is 0 Å². The molecule has 1 aromatic carbocycles. The van der Waals surface area contributed by atoms with Crippen molar-refractivity contribution < 1.29 is 0 Å². The van der Waals surface area contributed by atoms with E-state index in [4.69, 9.17) is 0 Å². The van der Waals surface area contributed by atoms with E-state index in [-0.39, 0.29) is 0 Å². The van der Waals surface area contributed by atoms with Crippen molar-refractivity contribution in [2.24, 2.45) is 0 Å². The van der Waals surface area contributed by atoms with Gasteiger partial charge in [0.2, 0.25) is 0 Å². The molecule has 80 valence electrons. The van der Waals surface area contributed by atoms with E-state index in [1.54, 1.807) is 11.1 Å². The van der Waals surface area contributed by atoms with Crippen LogP contribution in [0.5, 0.6) is 0 Å². The molecule has 0 saturated carbocycles. The third-order valence-corrected chi connectivity index (χ3v) is 3.71. The van der Waals surface area contributed by atoms with Gasteiger partial charge in [0.25, 0.3) is 0 Å². The minimum Gasteiger partial charge on any atom is -0.314 e. The Bertz CT molecular complexity index is 348. The van der Waals surface area contributed by atoms with Crippen LogP contribution in [0.1, 0.15) is 17.5 Å². The quantitative estimate of drug-likeness (QED) is 0.684. The van der Waals surface area contributed by atoms with Crippen molar-refractivity contribution >= 4 is 0 Å². The Balaban J connectivity index is 1.88. The Morgan fingerprint density at radius 1 is 1.20 bits per heavy atom. The molecule has 15 heavy (non-hydrogen) atoms. The second-order valence-electron chi connectivity index (χ2n) is 4.64. The summed E-state index contributed by atoms with van der Waals surface area (Å²) >= 11 is 0. The van der Waals surface area contributed by atoms with Crippen molar-refractivity contribution in [1.29, 1.82) is 0 Å². The molecule has 2 heteroatoms. The molecule has 0 aromatic heterocycles. The summed E-state index contributed by atoms with van der Waals surface area (Å²) < 4.78 is 0. The van der Waals surface area contributed by atoms with Crippen LogP contribution < -0.4 is 5.32 Å². The topological polar surface area (TPSA) is 15.3 Å². The van der Waals surface area contributed by atoms with E-state index in [1.165, 1.54) is 25.9 Å². The summed E-state index contributed by atoms with van der Waals surface area (Å²) in [6, 6.07) is 9.68. The Kier molecular flexibility index (Phi) is 2.47. The van der Waals surface area contributed by atoms with Gasteiger partial charge < -0.3 is 5.32 Å². The lowest BCUT2D eigenvalue weighted by Gasteiger charge is -2.34. The molecule has 0 aliphatic carbocycles. The van der Waals surface area contributed by atoms with Crippen LogP contribution in [0.3, 0.4) is 0 Å². The van der Waals surface area contributed by atoms with Crippen molar-refractivity contribution in [3.63, 3.8) is 0 Å². The lowest BCUT2D eigenvalue weighted by molar-refractivity contribution is 0.151. The first-order chi connectivity index (χ1) is 7.43. The zero-order valence-electron chi connectivity index (χ0n) is 9.08. The second kappa shape index (κ2) is 3.95. The number of hydrogen-bond acceptors (Lipinski definition) is 2. The standard InChI is InChI=1S/C13H18N2/c1-2-4-12-10-15-8-7-14-9-13(15)6-5-11(12)3-1/h1-4,13-14H,5-10H2. The summed E-state index contributed by atoms with van der Waals surface area (Å²) in [5.74, 6) is 0. The van der Waals surface area contributed by atoms with Crippen molar-refractivity contribution in [3.8, 4) is 0 Å². The van der Waals surface area contributed by atoms with Crippen molar-refractivity contribution in [2.75, 3.05) is 19.6 Å². The van der Waals surface area contributed by atoms with E-state index in [0.29, 0.717) is 0 Å². The third-order valence-electron chi connectivity index (χ3n) is 3.71. The number of nitrogens with one attached hydrogen (secondary N) is 1. The van der Waals surface area contributed by atoms with Crippen molar-refractivity contribution in [3.05, 3.63) is 35.4 Å². The van der Waals surface area contributed by atoms with Crippen LogP contribution >= 0.6 is 0 Å². The molecule has 2 heterocycles. The summed E-state index contributed by atoms with van der Waals surface area (Å²) in [7, 11) is 0. The van der Waals surface area contributed by atoms with Crippen molar-refractivity contribution in [1.82, 2.24) is 10.2 Å². The molecule has 1 atom stereocenters. The van der Waals surface area contributed by atoms with Crippen LogP contribution in [0.2, 0.25) is 0 Å². The van der Waals surface area contributed by atoms with E-state index in [2.05, 4.69) is 34.5 Å². The molecular weight excluding hydrogens is 184 g/mol. The minimum atomic E-state index is 0.756. The summed E-state index contributed by atoms with van der Waals surface area (Å²) in [6.07, 6.45) is 2.56. The van der Waals surface area contributed by atoms with Gasteiger partial charge in [0.05, 0.1) is 0 Å². The first kappa shape index (κ1) is 9.37. The van der Waals surface area contributed by atoms with Gasteiger partial charge >= 0.3 is 0 Å². The summed E-state index contributed by atoms with van der Waals surface area (Å²) in [5.41, 5.74) is 3.11. The molecule has 2 nitrogen and oxygen atoms in total. The molecule has 3 rings (SSSR count). The zero-order chi connectivity index (χ0) is 10.1. The summed E-state index contributed by atoms with van der Waals surface area (Å²) in [4.78, 5) is 2.64. The Morgan fingerprint density at radius 2 is 2.07 bits per heavy atom. The molecule has 0 amide bonds. The van der Waals surface area contributed by atoms with E-state index in [0.717, 1.165) is 19.1 Å². The second-order valence-corrected chi connectivity index (χ2v) is 4.64. The van der Waals surface area contributed by atoms with Gasteiger partial charge in [-0.15, -0.1) is 0 Å². The number of fused-ring (bicyclic) bond motifs is 2. The van der Waals surface area contributed by atoms with E-state index < -0.39 is 0 Å². The molecule has 1 unspecified atom stereocenters. The fourth-order valence-corrected chi connectivity index (χ4v) is 2.79. The number of benzene rings is 1. The van der Waals surface area contributed by atoms with Crippen LogP contribution in [0.25, 0.3) is 0 Å². The Labute approximate surface area is 91.3 Å². The summed E-state index contributed by atoms with van der Waals surface area (Å²) in [5, 5.41) is 3.50. The normalized spacial score (nSPS) is 26.5. The molecular formula is C13H18N2. The maximum atomic E-state index is 3.50. The van der Waals surface area contributed by atoms with Crippen LogP contribution in [0.4, 0.5) is 0 Å². The van der Waals surface area contributed by atoms with Crippen LogP contribution in [-0.4, -0.2) is 30.6 Å². The highest BCUT2D eigenvalue weighted by Gasteiger charge is 2.25. The molecule has 1 fully saturated rings. The number of aryl methyl sites for hydroxylation is 1. The highest BCUT2D eigenvalue weighted by Crippen LogP contribution is 2.22. The maximum absolute atomic E-state index is 3.50. The lowest BCUT2D eigenvalue weighted by atomic mass is 10.0. The largest absolute Gasteiger partial charge is 0.314 e. The van der Waals surface area contributed by atoms with Gasteiger partial charge in [-0.2, -0.15) is 0 Å². The number of piperazine rings is 1. The average molecular weight is 202 g/mol. The van der Waals surface area contributed by atoms with Crippen LogP contribution in [-0.2, 0) is 13.0 Å². The van der Waals surface area contributed by atoms with Crippen LogP contribution in [0, 0.1) is 0 Å². The van der Waals surface area contributed by atoms with Gasteiger partial charge in [-0.25, -0.2) is 0 Å². The maximum Gasteiger partial charge on any atom is 0.0240 e. The first-order valence-electron chi connectivity index (χ1n) is 5.95. The predicted octanol–water partition coefficient (Wildman–Crippen LogP) is 1.41. The van der Waals surface area contributed by atoms with E-state index in [1.807, 2.05) is 0 Å². The lowest BCUT2D eigenvalue weighted by Crippen LogP contribution is -2.50. The fraction of sp³-hybridized carbons (Fsp3) is 0.538. The number of hydrogen-bond donors (Lipinski definition) is 1. The molecule has 2 aliphatic rings. The molecule has 1 N–H and O–H groups in total. The Hall–Kier alpha value is -0.860. The minimum absolute atomic E-state index is 0.756. The molecule has 0 radical (unpaired) electrons. The van der Waals surface area contributed by atoms with E-state index in [9.17, 15) is 0 Å². The number of nitrogens with zero attached hydrogens (tertiary/aromatic N) is 1. The Morgan fingerprint density at radius 3 is 3.00 bits per heavy atom. The third kappa shape index (κ3) is 1.80. The van der Waals surface area contributed by atoms with Gasteiger partial charge in [-0.3, -0.25) is 4.90 Å². The molecule has 0 spiro atoms. The molecule has 1 aromatic rings. The highest BCUT2D eigenvalue weighted by atomic mass is 15.2. The fourth-order valence-electron chi connectivity index (χ4n) is 2.79. The highest BCUT2D eigenvalue weighted by molar-refractivity contribution is 5.28. The predicted molar refractivity (Wildman–Crippen MR) is 61.8 cm³/mol. The average Bonchev–Trinajstić information content (AvgIpc) is 2.48. The smallest absolute Gasteiger partial charge is 0.0240 e. The van der Waals surface area contributed by atoms with Gasteiger partial charge in [0.15, 0.2) is 0 Å². The number of rotatable bonds is 0. The summed E-state index contributed by atoms with van der Waals surface area (Å²) in [6.45, 7) is 4.69. The SMILES string of the molecule is c1ccc2c(c1)CCC1CNCCN1C2. The molecule has 0 bridgehead atoms. The van der Waals surface area contributed by atoms with Gasteiger partial charge in [-0.1, -0.05) is 24.3 Å². The van der Waals surface area contributed by atoms with Crippen molar-refractivity contribution in [2.45, 2.75) is 25.4 Å². The first-order valence-corrected chi connectivity index (χ1v) is 5.95. The zero-order valence-corrected chi connectivity index (χ0v) is 9.08. The van der Waals surface area contributed by atoms with Gasteiger partial charge in [0, 0.05) is 32.2 Å². The van der Waals surface area contributed by atoms with Crippen LogP contribution in [0.15, 0.2) is 24.3 Å². The van der Waals surface area contributed by atoms with E-state index >= 15 is 0 Å².